The first-order chi connectivity index (χ1) is 12.1. The molecule has 136 valence electrons. The average Bonchev–Trinajstić information content (AvgIpc) is 3.19. The fourth-order valence-electron chi connectivity index (χ4n) is 2.82. The molecule has 1 saturated heterocycles. The fourth-order valence-corrected chi connectivity index (χ4v) is 6.49. The fraction of sp³-hybridized carbons (Fsp3) is 0.471. The van der Waals surface area contributed by atoms with Gasteiger partial charge in [-0.1, -0.05) is 18.9 Å². The van der Waals surface area contributed by atoms with E-state index in [4.69, 9.17) is 0 Å². The summed E-state index contributed by atoms with van der Waals surface area (Å²) < 4.78 is 27.5. The maximum absolute atomic E-state index is 12.8. The summed E-state index contributed by atoms with van der Waals surface area (Å²) in [6, 6.07) is 7.31. The Bertz CT molecular complexity index is 789. The predicted molar refractivity (Wildman–Crippen MR) is 101 cm³/mol. The number of rotatable bonds is 6. The van der Waals surface area contributed by atoms with Crippen LogP contribution in [0.4, 0.5) is 0 Å². The molecule has 0 saturated carbocycles. The number of thiophene rings is 2. The third kappa shape index (κ3) is 4.91. The summed E-state index contributed by atoms with van der Waals surface area (Å²) in [6.45, 7) is 1.57. The average molecular weight is 399 g/mol. The Morgan fingerprint density at radius 1 is 1.08 bits per heavy atom. The van der Waals surface area contributed by atoms with Gasteiger partial charge in [0.2, 0.25) is 5.91 Å². The number of carbonyl (C=O) groups is 1. The van der Waals surface area contributed by atoms with Gasteiger partial charge in [0.25, 0.3) is 10.0 Å². The zero-order valence-electron chi connectivity index (χ0n) is 13.9. The van der Waals surface area contributed by atoms with Crippen LogP contribution in [0.25, 0.3) is 0 Å². The highest BCUT2D eigenvalue weighted by atomic mass is 32.2. The van der Waals surface area contributed by atoms with Crippen LogP contribution in [0.15, 0.2) is 33.9 Å². The molecule has 1 fully saturated rings. The van der Waals surface area contributed by atoms with Crippen LogP contribution in [0.5, 0.6) is 0 Å². The van der Waals surface area contributed by atoms with Crippen molar-refractivity contribution >= 4 is 38.6 Å². The molecule has 2 aromatic rings. The summed E-state index contributed by atoms with van der Waals surface area (Å²) >= 11 is 2.80. The molecule has 1 aliphatic heterocycles. The van der Waals surface area contributed by atoms with Gasteiger partial charge in [0.15, 0.2) is 0 Å². The zero-order chi connectivity index (χ0) is 17.7. The molecule has 0 radical (unpaired) electrons. The molecule has 8 heteroatoms. The number of carbonyl (C=O) groups excluding carboxylic acids is 1. The van der Waals surface area contributed by atoms with Crippen LogP contribution in [0.1, 0.15) is 35.4 Å². The zero-order valence-corrected chi connectivity index (χ0v) is 16.4. The van der Waals surface area contributed by atoms with Crippen LogP contribution in [0.2, 0.25) is 0 Å². The second kappa shape index (κ2) is 8.44. The normalized spacial score (nSPS) is 16.5. The van der Waals surface area contributed by atoms with Crippen molar-refractivity contribution in [3.05, 3.63) is 39.4 Å². The van der Waals surface area contributed by atoms with Gasteiger partial charge in [-0.15, -0.1) is 22.7 Å². The first kappa shape index (κ1) is 18.6. The quantitative estimate of drug-likeness (QED) is 0.812. The molecule has 3 rings (SSSR count). The number of sulfonamides is 1. The molecule has 0 atom stereocenters. The van der Waals surface area contributed by atoms with Crippen molar-refractivity contribution in [3.63, 3.8) is 0 Å². The molecule has 1 aliphatic rings. The van der Waals surface area contributed by atoms with Crippen molar-refractivity contribution in [2.24, 2.45) is 0 Å². The van der Waals surface area contributed by atoms with Gasteiger partial charge in [0.1, 0.15) is 4.21 Å². The number of nitrogens with one attached hydrogen (secondary N) is 1. The van der Waals surface area contributed by atoms with Gasteiger partial charge in [-0.3, -0.25) is 4.79 Å². The Hall–Kier alpha value is -1.22. The van der Waals surface area contributed by atoms with E-state index in [1.165, 1.54) is 11.3 Å². The van der Waals surface area contributed by atoms with Crippen LogP contribution < -0.4 is 5.32 Å². The Balaban J connectivity index is 1.58. The van der Waals surface area contributed by atoms with Crippen molar-refractivity contribution in [2.75, 3.05) is 13.1 Å². The van der Waals surface area contributed by atoms with E-state index >= 15 is 0 Å². The summed E-state index contributed by atoms with van der Waals surface area (Å²) in [6.07, 6.45) is 4.41. The first-order valence-electron chi connectivity index (χ1n) is 8.43. The summed E-state index contributed by atoms with van der Waals surface area (Å²) in [5.74, 6) is -0.0484. The summed E-state index contributed by atoms with van der Waals surface area (Å²) in [4.78, 5) is 13.8. The van der Waals surface area contributed by atoms with Crippen LogP contribution >= 0.6 is 22.7 Å². The highest BCUT2D eigenvalue weighted by molar-refractivity contribution is 7.91. The minimum atomic E-state index is -3.40. The van der Waals surface area contributed by atoms with E-state index in [0.717, 1.165) is 35.4 Å². The third-order valence-corrected chi connectivity index (χ3v) is 8.50. The summed E-state index contributed by atoms with van der Waals surface area (Å²) in [5, 5.41) is 4.81. The lowest BCUT2D eigenvalue weighted by Gasteiger charge is -2.18. The Kier molecular flexibility index (Phi) is 6.27. The Morgan fingerprint density at radius 3 is 2.52 bits per heavy atom. The van der Waals surface area contributed by atoms with Gasteiger partial charge in [0.05, 0.1) is 13.0 Å². The van der Waals surface area contributed by atoms with Crippen molar-refractivity contribution in [2.45, 2.75) is 42.9 Å². The lowest BCUT2D eigenvalue weighted by molar-refractivity contribution is -0.120. The van der Waals surface area contributed by atoms with Gasteiger partial charge in [-0.2, -0.15) is 4.31 Å². The van der Waals surface area contributed by atoms with E-state index in [1.807, 2.05) is 17.5 Å². The maximum atomic E-state index is 12.8. The van der Waals surface area contributed by atoms with E-state index < -0.39 is 10.0 Å². The molecular weight excluding hydrogens is 376 g/mol. The number of hydrogen-bond donors (Lipinski definition) is 1. The smallest absolute Gasteiger partial charge is 0.252 e. The minimum Gasteiger partial charge on any atom is -0.351 e. The minimum absolute atomic E-state index is 0.0484. The second-order valence-corrected chi connectivity index (χ2v) is 10.4. The van der Waals surface area contributed by atoms with Crippen molar-refractivity contribution in [1.82, 2.24) is 9.62 Å². The third-order valence-electron chi connectivity index (χ3n) is 4.17. The van der Waals surface area contributed by atoms with Crippen LogP contribution in [0.3, 0.4) is 0 Å². The van der Waals surface area contributed by atoms with Crippen LogP contribution in [-0.2, 0) is 27.8 Å². The topological polar surface area (TPSA) is 66.5 Å². The molecule has 0 bridgehead atoms. The lowest BCUT2D eigenvalue weighted by Crippen LogP contribution is -2.31. The molecule has 0 aromatic carbocycles. The molecule has 0 aliphatic carbocycles. The van der Waals surface area contributed by atoms with Gasteiger partial charge in [-0.25, -0.2) is 8.42 Å². The first-order valence-corrected chi connectivity index (χ1v) is 11.6. The molecule has 1 amide bonds. The number of amides is 1. The van der Waals surface area contributed by atoms with E-state index in [2.05, 4.69) is 5.32 Å². The van der Waals surface area contributed by atoms with Crippen LogP contribution in [0, 0.1) is 0 Å². The summed E-state index contributed by atoms with van der Waals surface area (Å²) in [5.41, 5.74) is 0. The molecule has 25 heavy (non-hydrogen) atoms. The van der Waals surface area contributed by atoms with Crippen molar-refractivity contribution < 1.29 is 13.2 Å². The molecule has 0 unspecified atom stereocenters. The second-order valence-electron chi connectivity index (χ2n) is 6.07. The standard InChI is InChI=1S/C17H22N2O3S3/c20-16(12-14-6-5-11-23-14)18-13-15-7-8-17(24-15)25(21,22)19-9-3-1-2-4-10-19/h5-8,11H,1-4,9-10,12-13H2,(H,18,20). The van der Waals surface area contributed by atoms with Gasteiger partial charge >= 0.3 is 0 Å². The van der Waals surface area contributed by atoms with Gasteiger partial charge in [0, 0.05) is 22.8 Å². The molecule has 0 spiro atoms. The summed E-state index contributed by atoms with van der Waals surface area (Å²) in [7, 11) is -3.40. The van der Waals surface area contributed by atoms with Gasteiger partial charge in [-0.05, 0) is 36.4 Å². The van der Waals surface area contributed by atoms with Crippen LogP contribution in [-0.4, -0.2) is 31.7 Å². The molecule has 1 N–H and O–H groups in total. The van der Waals surface area contributed by atoms with E-state index in [-0.39, 0.29) is 5.91 Å². The van der Waals surface area contributed by atoms with Crippen molar-refractivity contribution in [3.8, 4) is 0 Å². The van der Waals surface area contributed by atoms with E-state index in [9.17, 15) is 13.2 Å². The molecule has 3 heterocycles. The monoisotopic (exact) mass is 398 g/mol. The van der Waals surface area contributed by atoms with E-state index in [0.29, 0.717) is 30.3 Å². The molecule has 5 nitrogen and oxygen atoms in total. The highest BCUT2D eigenvalue weighted by Gasteiger charge is 2.26. The van der Waals surface area contributed by atoms with E-state index in [1.54, 1.807) is 27.8 Å². The predicted octanol–water partition coefficient (Wildman–Crippen LogP) is 3.23. The SMILES string of the molecule is O=C(Cc1cccs1)NCc1ccc(S(=O)(=O)N2CCCCCC2)s1. The lowest BCUT2D eigenvalue weighted by atomic mass is 10.2. The molecular formula is C17H22N2O3S3. The molecule has 2 aromatic heterocycles. The Morgan fingerprint density at radius 2 is 1.84 bits per heavy atom. The largest absolute Gasteiger partial charge is 0.351 e. The van der Waals surface area contributed by atoms with Crippen molar-refractivity contribution in [1.29, 1.82) is 0 Å². The number of hydrogen-bond acceptors (Lipinski definition) is 5. The Labute approximate surface area is 156 Å². The number of nitrogens with zero attached hydrogens (tertiary/aromatic N) is 1. The van der Waals surface area contributed by atoms with Gasteiger partial charge < -0.3 is 5.32 Å². The maximum Gasteiger partial charge on any atom is 0.252 e. The highest BCUT2D eigenvalue weighted by Crippen LogP contribution is 2.26.